The molecule has 3 rings (SSSR count). The highest BCUT2D eigenvalue weighted by Gasteiger charge is 2.32. The summed E-state index contributed by atoms with van der Waals surface area (Å²) >= 11 is 0. The van der Waals surface area contributed by atoms with Gasteiger partial charge in [-0.25, -0.2) is 13.2 Å². The van der Waals surface area contributed by atoms with Crippen molar-refractivity contribution in [3.8, 4) is 5.75 Å². The van der Waals surface area contributed by atoms with Crippen LogP contribution in [0.4, 0.5) is 5.69 Å². The lowest BCUT2D eigenvalue weighted by Gasteiger charge is -2.35. The lowest BCUT2D eigenvalue weighted by Crippen LogP contribution is -2.48. The van der Waals surface area contributed by atoms with Crippen LogP contribution in [-0.4, -0.2) is 55.6 Å². The molecule has 0 bridgehead atoms. The predicted octanol–water partition coefficient (Wildman–Crippen LogP) is 3.36. The maximum Gasteiger partial charge on any atom is 0.347 e. The van der Waals surface area contributed by atoms with E-state index in [2.05, 4.69) is 36.9 Å². The largest absolute Gasteiger partial charge is 0.478 e. The molecule has 1 heterocycles. The normalized spacial score (nSPS) is 15.7. The van der Waals surface area contributed by atoms with E-state index in [1.54, 1.807) is 6.92 Å². The molecule has 8 heteroatoms. The number of hydrogen-bond donors (Lipinski definition) is 1. The summed E-state index contributed by atoms with van der Waals surface area (Å²) in [6.07, 6.45) is 0. The summed E-state index contributed by atoms with van der Waals surface area (Å²) in [6, 6.07) is 10.8. The number of carbonyl (C=O) groups is 1. The maximum absolute atomic E-state index is 13.2. The number of carboxylic acids is 1. The topological polar surface area (TPSA) is 87.2 Å². The summed E-state index contributed by atoms with van der Waals surface area (Å²) in [5.74, 6) is -0.740. The molecule has 0 aromatic heterocycles. The number of hydrogen-bond acceptors (Lipinski definition) is 5. The first kappa shape index (κ1) is 23.1. The number of ether oxygens (including phenoxy) is 1. The molecule has 0 unspecified atom stereocenters. The average Bonchev–Trinajstić information content (AvgIpc) is 2.71. The third kappa shape index (κ3) is 4.85. The second kappa shape index (κ2) is 8.51. The van der Waals surface area contributed by atoms with Crippen LogP contribution in [0, 0.1) is 20.8 Å². The van der Waals surface area contributed by atoms with Gasteiger partial charge in [-0.1, -0.05) is 6.07 Å². The monoisotopic (exact) mass is 446 g/mol. The van der Waals surface area contributed by atoms with Crippen LogP contribution in [0.2, 0.25) is 0 Å². The van der Waals surface area contributed by atoms with Gasteiger partial charge in [0.2, 0.25) is 10.0 Å². The molecule has 0 atom stereocenters. The van der Waals surface area contributed by atoms with Crippen LogP contribution in [0.5, 0.6) is 5.75 Å². The Balaban J connectivity index is 1.73. The highest BCUT2D eigenvalue weighted by Crippen LogP contribution is 2.28. The van der Waals surface area contributed by atoms with Gasteiger partial charge in [0, 0.05) is 31.9 Å². The Kier molecular flexibility index (Phi) is 6.34. The van der Waals surface area contributed by atoms with Crippen LogP contribution in [0.3, 0.4) is 0 Å². The average molecular weight is 447 g/mol. The van der Waals surface area contributed by atoms with E-state index in [-0.39, 0.29) is 4.90 Å². The van der Waals surface area contributed by atoms with Crippen molar-refractivity contribution in [1.82, 2.24) is 4.31 Å². The van der Waals surface area contributed by atoms with Gasteiger partial charge in [0.1, 0.15) is 5.75 Å². The van der Waals surface area contributed by atoms with Crippen molar-refractivity contribution in [3.05, 3.63) is 53.1 Å². The second-order valence-electron chi connectivity index (χ2n) is 8.50. The van der Waals surface area contributed by atoms with Gasteiger partial charge in [-0.3, -0.25) is 0 Å². The summed E-state index contributed by atoms with van der Waals surface area (Å²) in [7, 11) is -3.65. The lowest BCUT2D eigenvalue weighted by molar-refractivity contribution is -0.152. The van der Waals surface area contributed by atoms with Crippen LogP contribution < -0.4 is 9.64 Å². The summed E-state index contributed by atoms with van der Waals surface area (Å²) < 4.78 is 33.4. The highest BCUT2D eigenvalue weighted by atomic mass is 32.2. The van der Waals surface area contributed by atoms with Gasteiger partial charge < -0.3 is 14.7 Å². The fourth-order valence-electron chi connectivity index (χ4n) is 3.47. The van der Waals surface area contributed by atoms with Gasteiger partial charge in [0.05, 0.1) is 4.90 Å². The number of rotatable bonds is 6. The van der Waals surface area contributed by atoms with E-state index >= 15 is 0 Å². The molecule has 7 nitrogen and oxygen atoms in total. The molecule has 0 amide bonds. The van der Waals surface area contributed by atoms with Crippen LogP contribution in [0.15, 0.2) is 41.3 Å². The molecule has 1 saturated heterocycles. The molecule has 31 heavy (non-hydrogen) atoms. The van der Waals surface area contributed by atoms with E-state index in [9.17, 15) is 18.3 Å². The number of carboxylic acid groups (broad SMARTS) is 1. The molecule has 0 spiro atoms. The first-order valence-corrected chi connectivity index (χ1v) is 11.7. The maximum atomic E-state index is 13.2. The number of aryl methyl sites for hydroxylation is 3. The minimum Gasteiger partial charge on any atom is -0.478 e. The smallest absolute Gasteiger partial charge is 0.347 e. The first-order valence-electron chi connectivity index (χ1n) is 10.3. The van der Waals surface area contributed by atoms with Crippen LogP contribution >= 0.6 is 0 Å². The molecule has 168 valence electrons. The van der Waals surface area contributed by atoms with E-state index in [0.29, 0.717) is 37.5 Å². The van der Waals surface area contributed by atoms with Crippen molar-refractivity contribution in [3.63, 3.8) is 0 Å². The molecule has 0 radical (unpaired) electrons. The molecule has 1 N–H and O–H groups in total. The van der Waals surface area contributed by atoms with Crippen molar-refractivity contribution in [2.24, 2.45) is 0 Å². The van der Waals surface area contributed by atoms with Gasteiger partial charge in [0.25, 0.3) is 0 Å². The van der Waals surface area contributed by atoms with Crippen LogP contribution in [0.1, 0.15) is 30.5 Å². The van der Waals surface area contributed by atoms with Gasteiger partial charge in [-0.2, -0.15) is 4.31 Å². The Morgan fingerprint density at radius 1 is 0.935 bits per heavy atom. The van der Waals surface area contributed by atoms with Crippen molar-refractivity contribution in [2.75, 3.05) is 31.1 Å². The number of anilines is 1. The number of aliphatic carboxylic acids is 1. The lowest BCUT2D eigenvalue weighted by atomic mass is 10.1. The van der Waals surface area contributed by atoms with Crippen molar-refractivity contribution in [2.45, 2.75) is 45.1 Å². The van der Waals surface area contributed by atoms with E-state index in [4.69, 9.17) is 4.74 Å². The summed E-state index contributed by atoms with van der Waals surface area (Å²) in [4.78, 5) is 13.7. The third-order valence-electron chi connectivity index (χ3n) is 5.76. The Bertz CT molecular complexity index is 1090. The molecular formula is C23H30N2O5S. The van der Waals surface area contributed by atoms with Crippen molar-refractivity contribution < 1.29 is 23.1 Å². The molecule has 2 aromatic carbocycles. The zero-order valence-corrected chi connectivity index (χ0v) is 19.5. The van der Waals surface area contributed by atoms with Gasteiger partial charge in [-0.05, 0) is 81.6 Å². The number of benzene rings is 2. The molecule has 1 aliphatic rings. The second-order valence-corrected chi connectivity index (χ2v) is 10.4. The molecular weight excluding hydrogens is 416 g/mol. The third-order valence-corrected chi connectivity index (χ3v) is 7.65. The van der Waals surface area contributed by atoms with Crippen molar-refractivity contribution in [1.29, 1.82) is 0 Å². The highest BCUT2D eigenvalue weighted by molar-refractivity contribution is 7.89. The zero-order chi connectivity index (χ0) is 23.0. The van der Waals surface area contributed by atoms with E-state index in [0.717, 1.165) is 5.69 Å². The summed E-state index contributed by atoms with van der Waals surface area (Å²) in [6.45, 7) is 10.8. The number of piperazine rings is 1. The SMILES string of the molecule is Cc1ccc(N2CCN(S(=O)(=O)c3ccc(OC(C)(C)C(=O)O)c(C)c3)CC2)cc1C. The number of nitrogens with zero attached hydrogens (tertiary/aromatic N) is 2. The molecule has 1 aliphatic heterocycles. The fraction of sp³-hybridized carbons (Fsp3) is 0.435. The summed E-state index contributed by atoms with van der Waals surface area (Å²) in [5.41, 5.74) is 2.73. The fourth-order valence-corrected chi connectivity index (χ4v) is 4.98. The summed E-state index contributed by atoms with van der Waals surface area (Å²) in [5, 5.41) is 9.25. The molecule has 0 saturated carbocycles. The number of sulfonamides is 1. The van der Waals surface area contributed by atoms with Gasteiger partial charge in [0.15, 0.2) is 5.60 Å². The Labute approximate surface area is 184 Å². The van der Waals surface area contributed by atoms with E-state index in [1.165, 1.54) is 47.5 Å². The van der Waals surface area contributed by atoms with Crippen LogP contribution in [0.25, 0.3) is 0 Å². The quantitative estimate of drug-likeness (QED) is 0.732. The minimum atomic E-state index is -3.65. The zero-order valence-electron chi connectivity index (χ0n) is 18.7. The Morgan fingerprint density at radius 3 is 2.13 bits per heavy atom. The van der Waals surface area contributed by atoms with Gasteiger partial charge >= 0.3 is 5.97 Å². The van der Waals surface area contributed by atoms with E-state index in [1.807, 2.05) is 0 Å². The van der Waals surface area contributed by atoms with Gasteiger partial charge in [-0.15, -0.1) is 0 Å². The van der Waals surface area contributed by atoms with Crippen molar-refractivity contribution >= 4 is 21.7 Å². The molecule has 0 aliphatic carbocycles. The Hall–Kier alpha value is -2.58. The standard InChI is InChI=1S/C23H30N2O5S/c1-16-6-7-19(14-17(16)2)24-10-12-25(13-11-24)31(28,29)20-8-9-21(18(3)15-20)30-23(4,5)22(26)27/h6-9,14-15H,10-13H2,1-5H3,(H,26,27). The minimum absolute atomic E-state index is 0.185. The predicted molar refractivity (Wildman–Crippen MR) is 120 cm³/mol. The van der Waals surface area contributed by atoms with E-state index < -0.39 is 21.6 Å². The molecule has 1 fully saturated rings. The Morgan fingerprint density at radius 2 is 1.58 bits per heavy atom. The molecule has 2 aromatic rings. The first-order chi connectivity index (χ1) is 14.4. The van der Waals surface area contributed by atoms with Crippen LogP contribution in [-0.2, 0) is 14.8 Å².